The number of furan rings is 1. The Morgan fingerprint density at radius 2 is 2.25 bits per heavy atom. The third kappa shape index (κ3) is 4.79. The van der Waals surface area contributed by atoms with Crippen LogP contribution in [-0.4, -0.2) is 39.2 Å². The molecule has 0 fully saturated rings. The summed E-state index contributed by atoms with van der Waals surface area (Å²) >= 11 is 0. The molecular formula is C12H22N2O2. The molecule has 0 aliphatic rings. The van der Waals surface area contributed by atoms with Gasteiger partial charge < -0.3 is 19.4 Å². The second-order valence-corrected chi connectivity index (χ2v) is 4.11. The highest BCUT2D eigenvalue weighted by Crippen LogP contribution is 2.11. The Morgan fingerprint density at radius 1 is 1.44 bits per heavy atom. The molecule has 4 nitrogen and oxygen atoms in total. The van der Waals surface area contributed by atoms with E-state index in [-0.39, 0.29) is 0 Å². The zero-order valence-corrected chi connectivity index (χ0v) is 10.5. The largest absolute Gasteiger partial charge is 0.467 e. The molecule has 0 aliphatic heterocycles. The van der Waals surface area contributed by atoms with Gasteiger partial charge in [0.2, 0.25) is 0 Å². The monoisotopic (exact) mass is 226 g/mol. The minimum Gasteiger partial charge on any atom is -0.467 e. The van der Waals surface area contributed by atoms with E-state index in [0.29, 0.717) is 6.61 Å². The molecule has 0 atom stereocenters. The molecule has 1 rings (SSSR count). The molecule has 0 bridgehead atoms. The highest BCUT2D eigenvalue weighted by Gasteiger charge is 2.05. The van der Waals surface area contributed by atoms with Gasteiger partial charge >= 0.3 is 0 Å². The van der Waals surface area contributed by atoms with Crippen molar-refractivity contribution in [2.24, 2.45) is 0 Å². The van der Waals surface area contributed by atoms with Gasteiger partial charge in [0.1, 0.15) is 12.4 Å². The minimum absolute atomic E-state index is 0.567. The fourth-order valence-corrected chi connectivity index (χ4v) is 1.49. The van der Waals surface area contributed by atoms with E-state index in [1.807, 2.05) is 13.1 Å². The van der Waals surface area contributed by atoms with E-state index in [4.69, 9.17) is 9.15 Å². The average Bonchev–Trinajstić information content (AvgIpc) is 2.65. The number of nitrogens with zero attached hydrogens (tertiary/aromatic N) is 1. The maximum absolute atomic E-state index is 5.57. The van der Waals surface area contributed by atoms with Gasteiger partial charge in [0.25, 0.3) is 0 Å². The van der Waals surface area contributed by atoms with Gasteiger partial charge in [0.15, 0.2) is 0 Å². The van der Waals surface area contributed by atoms with Crippen LogP contribution in [0.4, 0.5) is 0 Å². The Labute approximate surface area is 97.6 Å². The first-order chi connectivity index (χ1) is 7.74. The molecule has 92 valence electrons. The van der Waals surface area contributed by atoms with Crippen molar-refractivity contribution >= 4 is 0 Å². The van der Waals surface area contributed by atoms with Crippen molar-refractivity contribution in [2.75, 3.05) is 34.3 Å². The normalized spacial score (nSPS) is 11.2. The summed E-state index contributed by atoms with van der Waals surface area (Å²) in [5, 5.41) is 3.10. The van der Waals surface area contributed by atoms with Crippen molar-refractivity contribution in [3.8, 4) is 0 Å². The first kappa shape index (κ1) is 13.2. The standard InChI is InChI=1S/C12H22N2O2/c1-13-9-11-5-8-16-12(11)10-15-7-4-6-14(2)3/h5,8,13H,4,6-7,9-10H2,1-3H3. The van der Waals surface area contributed by atoms with Gasteiger partial charge in [0, 0.05) is 18.7 Å². The highest BCUT2D eigenvalue weighted by molar-refractivity contribution is 5.15. The molecule has 0 radical (unpaired) electrons. The fraction of sp³-hybridized carbons (Fsp3) is 0.667. The minimum atomic E-state index is 0.567. The van der Waals surface area contributed by atoms with Crippen molar-refractivity contribution in [1.82, 2.24) is 10.2 Å². The smallest absolute Gasteiger partial charge is 0.133 e. The summed E-state index contributed by atoms with van der Waals surface area (Å²) in [6.45, 7) is 3.23. The molecule has 1 heterocycles. The number of hydrogen-bond acceptors (Lipinski definition) is 4. The lowest BCUT2D eigenvalue weighted by atomic mass is 10.2. The maximum Gasteiger partial charge on any atom is 0.133 e. The van der Waals surface area contributed by atoms with Crippen LogP contribution in [0.3, 0.4) is 0 Å². The molecule has 1 N–H and O–H groups in total. The summed E-state index contributed by atoms with van der Waals surface area (Å²) in [5.74, 6) is 0.930. The Balaban J connectivity index is 2.18. The van der Waals surface area contributed by atoms with Gasteiger partial charge in [-0.3, -0.25) is 0 Å². The summed E-state index contributed by atoms with van der Waals surface area (Å²) < 4.78 is 10.9. The fourth-order valence-electron chi connectivity index (χ4n) is 1.49. The first-order valence-corrected chi connectivity index (χ1v) is 5.66. The van der Waals surface area contributed by atoms with Crippen LogP contribution < -0.4 is 5.32 Å². The maximum atomic E-state index is 5.57. The summed E-state index contributed by atoms with van der Waals surface area (Å²) in [6.07, 6.45) is 2.76. The van der Waals surface area contributed by atoms with Crippen LogP contribution in [0.1, 0.15) is 17.7 Å². The van der Waals surface area contributed by atoms with E-state index in [9.17, 15) is 0 Å². The molecular weight excluding hydrogens is 204 g/mol. The van der Waals surface area contributed by atoms with Crippen LogP contribution in [-0.2, 0) is 17.9 Å². The predicted octanol–water partition coefficient (Wildman–Crippen LogP) is 1.47. The van der Waals surface area contributed by atoms with E-state index in [1.165, 1.54) is 5.56 Å². The van der Waals surface area contributed by atoms with Gasteiger partial charge in [0.05, 0.1) is 6.26 Å². The lowest BCUT2D eigenvalue weighted by Crippen LogP contribution is -2.15. The van der Waals surface area contributed by atoms with Gasteiger partial charge in [-0.25, -0.2) is 0 Å². The summed E-state index contributed by atoms with van der Waals surface area (Å²) in [5.41, 5.74) is 1.18. The van der Waals surface area contributed by atoms with Crippen LogP contribution >= 0.6 is 0 Å². The van der Waals surface area contributed by atoms with Crippen molar-refractivity contribution in [3.63, 3.8) is 0 Å². The number of nitrogens with one attached hydrogen (secondary N) is 1. The lowest BCUT2D eigenvalue weighted by Gasteiger charge is -2.09. The van der Waals surface area contributed by atoms with Gasteiger partial charge in [-0.15, -0.1) is 0 Å². The Hall–Kier alpha value is -0.840. The van der Waals surface area contributed by atoms with E-state index in [1.54, 1.807) is 6.26 Å². The summed E-state index contributed by atoms with van der Waals surface area (Å²) in [4.78, 5) is 2.16. The zero-order chi connectivity index (χ0) is 11.8. The van der Waals surface area contributed by atoms with Crippen molar-refractivity contribution in [1.29, 1.82) is 0 Å². The Morgan fingerprint density at radius 3 is 2.94 bits per heavy atom. The van der Waals surface area contributed by atoms with Gasteiger partial charge in [-0.1, -0.05) is 0 Å². The second-order valence-electron chi connectivity index (χ2n) is 4.11. The third-order valence-electron chi connectivity index (χ3n) is 2.33. The predicted molar refractivity (Wildman–Crippen MR) is 64.3 cm³/mol. The molecule has 1 aromatic heterocycles. The number of rotatable bonds is 8. The molecule has 0 aliphatic carbocycles. The quantitative estimate of drug-likeness (QED) is 0.681. The summed E-state index contributed by atoms with van der Waals surface area (Å²) in [7, 11) is 6.06. The topological polar surface area (TPSA) is 37.6 Å². The summed E-state index contributed by atoms with van der Waals surface area (Å²) in [6, 6.07) is 1.98. The van der Waals surface area contributed by atoms with E-state index < -0.39 is 0 Å². The Bertz CT molecular complexity index is 284. The SMILES string of the molecule is CNCc1ccoc1COCCCN(C)C. The van der Waals surface area contributed by atoms with E-state index >= 15 is 0 Å². The van der Waals surface area contributed by atoms with Crippen molar-refractivity contribution in [3.05, 3.63) is 23.7 Å². The second kappa shape index (κ2) is 7.44. The lowest BCUT2D eigenvalue weighted by molar-refractivity contribution is 0.0986. The molecule has 0 saturated heterocycles. The average molecular weight is 226 g/mol. The molecule has 0 spiro atoms. The van der Waals surface area contributed by atoms with Crippen LogP contribution in [0.25, 0.3) is 0 Å². The van der Waals surface area contributed by atoms with Crippen LogP contribution in [0, 0.1) is 0 Å². The number of ether oxygens (including phenoxy) is 1. The third-order valence-corrected chi connectivity index (χ3v) is 2.33. The van der Waals surface area contributed by atoms with E-state index in [2.05, 4.69) is 24.3 Å². The molecule has 1 aromatic rings. The van der Waals surface area contributed by atoms with Crippen LogP contribution in [0.5, 0.6) is 0 Å². The van der Waals surface area contributed by atoms with Gasteiger partial charge in [-0.2, -0.15) is 0 Å². The highest BCUT2D eigenvalue weighted by atomic mass is 16.5. The number of hydrogen-bond donors (Lipinski definition) is 1. The first-order valence-electron chi connectivity index (χ1n) is 5.66. The van der Waals surface area contributed by atoms with E-state index in [0.717, 1.165) is 31.9 Å². The molecule has 0 unspecified atom stereocenters. The molecule has 0 amide bonds. The molecule has 16 heavy (non-hydrogen) atoms. The zero-order valence-electron chi connectivity index (χ0n) is 10.5. The van der Waals surface area contributed by atoms with Crippen LogP contribution in [0.2, 0.25) is 0 Å². The molecule has 0 saturated carbocycles. The molecule has 0 aromatic carbocycles. The van der Waals surface area contributed by atoms with Gasteiger partial charge in [-0.05, 0) is 40.2 Å². The Kier molecular flexibility index (Phi) is 6.15. The van der Waals surface area contributed by atoms with Crippen molar-refractivity contribution < 1.29 is 9.15 Å². The van der Waals surface area contributed by atoms with Crippen molar-refractivity contribution in [2.45, 2.75) is 19.6 Å². The molecule has 4 heteroatoms. The van der Waals surface area contributed by atoms with Crippen LogP contribution in [0.15, 0.2) is 16.7 Å².